The molecule has 0 bridgehead atoms. The summed E-state index contributed by atoms with van der Waals surface area (Å²) in [6, 6.07) is 5.05. The fourth-order valence-corrected chi connectivity index (χ4v) is 2.34. The number of benzene rings is 2. The number of nitro benzene ring substituents is 1. The summed E-state index contributed by atoms with van der Waals surface area (Å²) >= 11 is 0. The fourth-order valence-electron chi connectivity index (χ4n) is 1.73. The largest absolute Gasteiger partial charge is 0.506 e. The zero-order chi connectivity index (χ0) is 18.1. The summed E-state index contributed by atoms with van der Waals surface area (Å²) in [5, 5.41) is 27.6. The molecule has 2 aromatic carbocycles. The predicted molar refractivity (Wildman–Crippen MR) is 84.0 cm³/mol. The Kier molecular flexibility index (Phi) is 4.35. The van der Waals surface area contributed by atoms with Gasteiger partial charge in [0.15, 0.2) is 0 Å². The second-order valence-corrected chi connectivity index (χ2v) is 5.94. The van der Waals surface area contributed by atoms with E-state index >= 15 is 0 Å². The SMILES string of the molecule is Nc1cc(N)c(S(=O)(=O)O)cc1N=Nc1cc([N+](=O)[O-])ccc1O. The van der Waals surface area contributed by atoms with Crippen molar-refractivity contribution in [2.24, 2.45) is 10.2 Å². The van der Waals surface area contributed by atoms with E-state index in [1.165, 1.54) is 0 Å². The highest BCUT2D eigenvalue weighted by atomic mass is 32.2. The number of aromatic hydroxyl groups is 1. The molecule has 0 fully saturated rings. The zero-order valence-electron chi connectivity index (χ0n) is 11.8. The number of phenols is 1. The van der Waals surface area contributed by atoms with Crippen molar-refractivity contribution in [2.45, 2.75) is 4.90 Å². The normalized spacial score (nSPS) is 11.7. The Bertz CT molecular complexity index is 957. The van der Waals surface area contributed by atoms with Crippen molar-refractivity contribution in [3.05, 3.63) is 40.4 Å². The van der Waals surface area contributed by atoms with E-state index < -0.39 is 19.9 Å². The topological polar surface area (TPSA) is 194 Å². The standard InChI is InChI=1S/C12H11N5O6S/c13-7-4-8(14)12(24(21,22)23)5-9(7)15-16-10-3-6(17(19)20)1-2-11(10)18/h1-5,18H,13-14H2,(H,21,22,23). The molecular formula is C12H11N5O6S. The zero-order valence-corrected chi connectivity index (χ0v) is 12.6. The molecule has 2 aromatic rings. The van der Waals surface area contributed by atoms with E-state index in [0.717, 1.165) is 30.3 Å². The van der Waals surface area contributed by atoms with E-state index in [9.17, 15) is 23.6 Å². The average Bonchev–Trinajstić information content (AvgIpc) is 2.46. The molecule has 2 rings (SSSR count). The Balaban J connectivity index is 2.50. The molecule has 0 unspecified atom stereocenters. The third kappa shape index (κ3) is 3.56. The molecule has 12 heteroatoms. The maximum Gasteiger partial charge on any atom is 0.296 e. The average molecular weight is 353 g/mol. The highest BCUT2D eigenvalue weighted by Crippen LogP contribution is 2.35. The Morgan fingerprint density at radius 2 is 1.67 bits per heavy atom. The van der Waals surface area contributed by atoms with Crippen LogP contribution in [0.15, 0.2) is 45.5 Å². The molecule has 0 spiro atoms. The lowest BCUT2D eigenvalue weighted by Gasteiger charge is -2.06. The van der Waals surface area contributed by atoms with Gasteiger partial charge in [-0.2, -0.15) is 8.42 Å². The van der Waals surface area contributed by atoms with Gasteiger partial charge in [-0.05, 0) is 18.2 Å². The maximum atomic E-state index is 11.2. The van der Waals surface area contributed by atoms with Crippen LogP contribution in [0.1, 0.15) is 0 Å². The Labute approximate surface area is 135 Å². The first-order chi connectivity index (χ1) is 11.1. The van der Waals surface area contributed by atoms with Crippen molar-refractivity contribution in [1.29, 1.82) is 0 Å². The minimum Gasteiger partial charge on any atom is -0.506 e. The van der Waals surface area contributed by atoms with E-state index in [1.807, 2.05) is 0 Å². The van der Waals surface area contributed by atoms with E-state index in [4.69, 9.17) is 16.0 Å². The molecule has 0 atom stereocenters. The number of rotatable bonds is 4. The molecule has 0 heterocycles. The molecule has 24 heavy (non-hydrogen) atoms. The Morgan fingerprint density at radius 3 is 2.25 bits per heavy atom. The molecular weight excluding hydrogens is 342 g/mol. The summed E-state index contributed by atoms with van der Waals surface area (Å²) < 4.78 is 31.5. The van der Waals surface area contributed by atoms with Crippen LogP contribution in [0.2, 0.25) is 0 Å². The van der Waals surface area contributed by atoms with Gasteiger partial charge in [0.2, 0.25) is 0 Å². The maximum absolute atomic E-state index is 11.2. The molecule has 6 N–H and O–H groups in total. The van der Waals surface area contributed by atoms with E-state index in [2.05, 4.69) is 10.2 Å². The number of hydrogen-bond donors (Lipinski definition) is 4. The number of nitrogen functional groups attached to an aromatic ring is 2. The molecule has 0 saturated carbocycles. The molecule has 0 radical (unpaired) electrons. The molecule has 0 amide bonds. The molecule has 0 aliphatic heterocycles. The lowest BCUT2D eigenvalue weighted by molar-refractivity contribution is -0.384. The van der Waals surface area contributed by atoms with Gasteiger partial charge in [-0.15, -0.1) is 10.2 Å². The number of anilines is 2. The first-order valence-electron chi connectivity index (χ1n) is 6.15. The Morgan fingerprint density at radius 1 is 1.04 bits per heavy atom. The summed E-state index contributed by atoms with van der Waals surface area (Å²) in [5.41, 5.74) is 10.0. The number of non-ortho nitro benzene ring substituents is 1. The van der Waals surface area contributed by atoms with Gasteiger partial charge in [0, 0.05) is 12.1 Å². The van der Waals surface area contributed by atoms with Crippen molar-refractivity contribution in [2.75, 3.05) is 11.5 Å². The molecule has 126 valence electrons. The lowest BCUT2D eigenvalue weighted by atomic mass is 10.2. The van der Waals surface area contributed by atoms with Gasteiger partial charge in [0.05, 0.1) is 16.3 Å². The molecule has 0 aromatic heterocycles. The van der Waals surface area contributed by atoms with Crippen molar-refractivity contribution in [3.63, 3.8) is 0 Å². The van der Waals surface area contributed by atoms with E-state index in [1.54, 1.807) is 0 Å². The van der Waals surface area contributed by atoms with Crippen LogP contribution < -0.4 is 11.5 Å². The monoisotopic (exact) mass is 353 g/mol. The first kappa shape index (κ1) is 17.1. The van der Waals surface area contributed by atoms with Gasteiger partial charge in [-0.3, -0.25) is 14.7 Å². The quantitative estimate of drug-likeness (QED) is 0.211. The van der Waals surface area contributed by atoms with Crippen molar-refractivity contribution < 1.29 is 23.0 Å². The first-order valence-corrected chi connectivity index (χ1v) is 7.59. The van der Waals surface area contributed by atoms with Crippen LogP contribution in [0.25, 0.3) is 0 Å². The van der Waals surface area contributed by atoms with E-state index in [0.29, 0.717) is 0 Å². The third-order valence-electron chi connectivity index (χ3n) is 2.87. The smallest absolute Gasteiger partial charge is 0.296 e. The summed E-state index contributed by atoms with van der Waals surface area (Å²) in [6.07, 6.45) is 0. The summed E-state index contributed by atoms with van der Waals surface area (Å²) in [4.78, 5) is 9.40. The summed E-state index contributed by atoms with van der Waals surface area (Å²) in [7, 11) is -4.60. The van der Waals surface area contributed by atoms with Crippen LogP contribution in [-0.2, 0) is 10.1 Å². The minimum absolute atomic E-state index is 0.0476. The van der Waals surface area contributed by atoms with Gasteiger partial charge in [-0.25, -0.2) is 0 Å². The van der Waals surface area contributed by atoms with Gasteiger partial charge in [0.25, 0.3) is 15.8 Å². The summed E-state index contributed by atoms with van der Waals surface area (Å²) in [6.45, 7) is 0. The lowest BCUT2D eigenvalue weighted by Crippen LogP contribution is -2.04. The van der Waals surface area contributed by atoms with Gasteiger partial charge in [-0.1, -0.05) is 0 Å². The van der Waals surface area contributed by atoms with Crippen LogP contribution >= 0.6 is 0 Å². The number of nitrogens with two attached hydrogens (primary N) is 2. The van der Waals surface area contributed by atoms with Crippen LogP contribution in [0.3, 0.4) is 0 Å². The van der Waals surface area contributed by atoms with Crippen LogP contribution in [-0.4, -0.2) is 23.0 Å². The van der Waals surface area contributed by atoms with Crippen molar-refractivity contribution in [3.8, 4) is 5.75 Å². The minimum atomic E-state index is -4.60. The Hall–Kier alpha value is -3.25. The predicted octanol–water partition coefficient (Wildman–Crippen LogP) is 2.13. The second-order valence-electron chi connectivity index (χ2n) is 4.55. The fraction of sp³-hybridized carbons (Fsp3) is 0. The van der Waals surface area contributed by atoms with Crippen molar-refractivity contribution in [1.82, 2.24) is 0 Å². The van der Waals surface area contributed by atoms with Gasteiger partial charge >= 0.3 is 0 Å². The van der Waals surface area contributed by atoms with E-state index in [-0.39, 0.29) is 34.2 Å². The van der Waals surface area contributed by atoms with Crippen LogP contribution in [0, 0.1) is 10.1 Å². The number of hydrogen-bond acceptors (Lipinski definition) is 9. The number of nitrogens with zero attached hydrogens (tertiary/aromatic N) is 3. The van der Waals surface area contributed by atoms with Gasteiger partial charge in [0.1, 0.15) is 22.0 Å². The molecule has 0 aliphatic rings. The molecule has 11 nitrogen and oxygen atoms in total. The highest BCUT2D eigenvalue weighted by Gasteiger charge is 2.17. The highest BCUT2D eigenvalue weighted by molar-refractivity contribution is 7.86. The summed E-state index contributed by atoms with van der Waals surface area (Å²) in [5.74, 6) is -0.381. The molecule has 0 saturated heterocycles. The number of nitro groups is 1. The number of azo groups is 1. The van der Waals surface area contributed by atoms with Crippen molar-refractivity contribution >= 4 is 38.6 Å². The number of phenolic OH excluding ortho intramolecular Hbond substituents is 1. The molecule has 0 aliphatic carbocycles. The van der Waals surface area contributed by atoms with Crippen LogP contribution in [0.4, 0.5) is 28.4 Å². The second kappa shape index (κ2) is 6.10. The third-order valence-corrected chi connectivity index (χ3v) is 3.78. The van der Waals surface area contributed by atoms with Gasteiger partial charge < -0.3 is 16.6 Å². The van der Waals surface area contributed by atoms with Crippen LogP contribution in [0.5, 0.6) is 5.75 Å².